The Labute approximate surface area is 184 Å². The van der Waals surface area contributed by atoms with Gasteiger partial charge in [-0.3, -0.25) is 9.59 Å². The summed E-state index contributed by atoms with van der Waals surface area (Å²) in [6.45, 7) is 7.54. The molecule has 0 unspecified atom stereocenters. The number of anilines is 2. The Balaban J connectivity index is 1.32. The van der Waals surface area contributed by atoms with Crippen LogP contribution in [0.2, 0.25) is 0 Å². The van der Waals surface area contributed by atoms with Gasteiger partial charge in [-0.25, -0.2) is 4.98 Å². The van der Waals surface area contributed by atoms with E-state index in [-0.39, 0.29) is 17.7 Å². The predicted octanol–water partition coefficient (Wildman–Crippen LogP) is 4.30. The number of aromatic nitrogens is 1. The van der Waals surface area contributed by atoms with Crippen molar-refractivity contribution in [2.24, 2.45) is 5.92 Å². The number of hydrogen-bond donors (Lipinski definition) is 1. The number of amides is 2. The topological polar surface area (TPSA) is 65.5 Å². The SMILES string of the molecule is CC(C)c1ccc(NC(=O)C2CCN(c3cc(C(=O)N4CCCC4)ccn3)CC2)cc1. The van der Waals surface area contributed by atoms with Crippen molar-refractivity contribution in [3.8, 4) is 0 Å². The van der Waals surface area contributed by atoms with Crippen LogP contribution in [0.25, 0.3) is 0 Å². The van der Waals surface area contributed by atoms with Gasteiger partial charge in [0.05, 0.1) is 0 Å². The van der Waals surface area contributed by atoms with Crippen LogP contribution in [-0.2, 0) is 4.79 Å². The van der Waals surface area contributed by atoms with E-state index in [2.05, 4.69) is 41.2 Å². The largest absolute Gasteiger partial charge is 0.357 e. The Morgan fingerprint density at radius 1 is 1.00 bits per heavy atom. The second-order valence-electron chi connectivity index (χ2n) is 8.93. The molecule has 0 bridgehead atoms. The molecule has 6 nitrogen and oxygen atoms in total. The standard InChI is InChI=1S/C25H32N4O2/c1-18(2)19-5-7-22(8-6-19)27-24(30)20-10-15-28(16-11-20)23-17-21(9-12-26-23)25(31)29-13-3-4-14-29/h5-9,12,17-18,20H,3-4,10-11,13-16H2,1-2H3,(H,27,30). The summed E-state index contributed by atoms with van der Waals surface area (Å²) in [6, 6.07) is 11.8. The zero-order valence-corrected chi connectivity index (χ0v) is 18.5. The predicted molar refractivity (Wildman–Crippen MR) is 123 cm³/mol. The van der Waals surface area contributed by atoms with E-state index in [4.69, 9.17) is 0 Å². The first-order chi connectivity index (χ1) is 15.0. The van der Waals surface area contributed by atoms with Gasteiger partial charge < -0.3 is 15.1 Å². The van der Waals surface area contributed by atoms with Gasteiger partial charge >= 0.3 is 0 Å². The highest BCUT2D eigenvalue weighted by molar-refractivity contribution is 5.95. The summed E-state index contributed by atoms with van der Waals surface area (Å²) < 4.78 is 0. The molecule has 0 atom stereocenters. The average molecular weight is 421 g/mol. The quantitative estimate of drug-likeness (QED) is 0.783. The molecular weight excluding hydrogens is 388 g/mol. The lowest BCUT2D eigenvalue weighted by Gasteiger charge is -2.32. The van der Waals surface area contributed by atoms with Crippen LogP contribution < -0.4 is 10.2 Å². The molecule has 2 amide bonds. The highest BCUT2D eigenvalue weighted by atomic mass is 16.2. The molecule has 0 spiro atoms. The highest BCUT2D eigenvalue weighted by Crippen LogP contribution is 2.25. The van der Waals surface area contributed by atoms with Crippen LogP contribution in [0, 0.1) is 5.92 Å². The Kier molecular flexibility index (Phi) is 6.54. The minimum atomic E-state index is -0.00422. The smallest absolute Gasteiger partial charge is 0.254 e. The van der Waals surface area contributed by atoms with Gasteiger partial charge in [0, 0.05) is 49.5 Å². The lowest BCUT2D eigenvalue weighted by molar-refractivity contribution is -0.120. The summed E-state index contributed by atoms with van der Waals surface area (Å²) in [5, 5.41) is 3.06. The number of hydrogen-bond acceptors (Lipinski definition) is 4. The minimum Gasteiger partial charge on any atom is -0.357 e. The van der Waals surface area contributed by atoms with Crippen molar-refractivity contribution >= 4 is 23.3 Å². The molecule has 2 saturated heterocycles. The summed E-state index contributed by atoms with van der Waals surface area (Å²) in [5.74, 6) is 1.48. The van der Waals surface area contributed by atoms with Crippen LogP contribution in [0.4, 0.5) is 11.5 Å². The maximum atomic E-state index is 12.7. The van der Waals surface area contributed by atoms with Crippen molar-refractivity contribution < 1.29 is 9.59 Å². The summed E-state index contributed by atoms with van der Waals surface area (Å²) in [7, 11) is 0. The molecule has 4 rings (SSSR count). The molecule has 2 aliphatic heterocycles. The van der Waals surface area contributed by atoms with E-state index in [0.29, 0.717) is 11.5 Å². The number of carbonyl (C=O) groups is 2. The van der Waals surface area contributed by atoms with Gasteiger partial charge in [0.25, 0.3) is 5.91 Å². The molecule has 31 heavy (non-hydrogen) atoms. The first-order valence-corrected chi connectivity index (χ1v) is 11.4. The lowest BCUT2D eigenvalue weighted by atomic mass is 9.95. The Hall–Kier alpha value is -2.89. The van der Waals surface area contributed by atoms with E-state index < -0.39 is 0 Å². The fourth-order valence-corrected chi connectivity index (χ4v) is 4.39. The third kappa shape index (κ3) is 5.06. The molecule has 1 aromatic heterocycles. The second-order valence-corrected chi connectivity index (χ2v) is 8.93. The minimum absolute atomic E-state index is 0.00422. The molecule has 1 aromatic carbocycles. The van der Waals surface area contributed by atoms with Gasteiger partial charge in [-0.15, -0.1) is 0 Å². The average Bonchev–Trinajstić information content (AvgIpc) is 3.34. The fraction of sp³-hybridized carbons (Fsp3) is 0.480. The van der Waals surface area contributed by atoms with E-state index in [1.165, 1.54) is 5.56 Å². The van der Waals surface area contributed by atoms with Crippen LogP contribution in [0.15, 0.2) is 42.6 Å². The van der Waals surface area contributed by atoms with Gasteiger partial charge in [-0.2, -0.15) is 0 Å². The van der Waals surface area contributed by atoms with Gasteiger partial charge in [0.15, 0.2) is 0 Å². The number of piperidine rings is 1. The fourth-order valence-electron chi connectivity index (χ4n) is 4.39. The van der Waals surface area contributed by atoms with Gasteiger partial charge in [0.1, 0.15) is 5.82 Å². The number of carbonyl (C=O) groups excluding carboxylic acids is 2. The van der Waals surface area contributed by atoms with Crippen LogP contribution in [0.5, 0.6) is 0 Å². The third-order valence-corrected chi connectivity index (χ3v) is 6.42. The molecule has 2 aliphatic rings. The van der Waals surface area contributed by atoms with Crippen molar-refractivity contribution in [1.29, 1.82) is 0 Å². The van der Waals surface area contributed by atoms with Gasteiger partial charge in [0.2, 0.25) is 5.91 Å². The molecule has 2 aromatic rings. The Morgan fingerprint density at radius 2 is 1.68 bits per heavy atom. The van der Waals surface area contributed by atoms with Crippen LogP contribution >= 0.6 is 0 Å². The Bertz CT molecular complexity index is 911. The van der Waals surface area contributed by atoms with Crippen molar-refractivity contribution in [3.05, 3.63) is 53.7 Å². The Morgan fingerprint density at radius 3 is 2.32 bits per heavy atom. The van der Waals surface area contributed by atoms with Crippen molar-refractivity contribution in [2.45, 2.75) is 45.4 Å². The first-order valence-electron chi connectivity index (χ1n) is 11.4. The maximum Gasteiger partial charge on any atom is 0.254 e. The maximum absolute atomic E-state index is 12.7. The first kappa shape index (κ1) is 21.3. The molecule has 1 N–H and O–H groups in total. The molecule has 0 radical (unpaired) electrons. The number of nitrogens with one attached hydrogen (secondary N) is 1. The van der Waals surface area contributed by atoms with E-state index in [9.17, 15) is 9.59 Å². The number of pyridine rings is 1. The summed E-state index contributed by atoms with van der Waals surface area (Å²) in [6.07, 6.45) is 5.45. The summed E-state index contributed by atoms with van der Waals surface area (Å²) >= 11 is 0. The number of nitrogens with zero attached hydrogens (tertiary/aromatic N) is 3. The normalized spacial score (nSPS) is 17.3. The van der Waals surface area contributed by atoms with E-state index in [1.807, 2.05) is 23.1 Å². The molecule has 0 aliphatic carbocycles. The number of benzene rings is 1. The summed E-state index contributed by atoms with van der Waals surface area (Å²) in [4.78, 5) is 34.0. The molecule has 2 fully saturated rings. The van der Waals surface area contributed by atoms with E-state index in [1.54, 1.807) is 12.3 Å². The monoisotopic (exact) mass is 420 g/mol. The zero-order chi connectivity index (χ0) is 21.8. The molecule has 6 heteroatoms. The lowest BCUT2D eigenvalue weighted by Crippen LogP contribution is -2.38. The van der Waals surface area contributed by atoms with Crippen molar-refractivity contribution in [3.63, 3.8) is 0 Å². The van der Waals surface area contributed by atoms with Crippen molar-refractivity contribution in [2.75, 3.05) is 36.4 Å². The van der Waals surface area contributed by atoms with Gasteiger partial charge in [-0.05, 0) is 61.4 Å². The highest BCUT2D eigenvalue weighted by Gasteiger charge is 2.26. The second kappa shape index (κ2) is 9.50. The number of likely N-dealkylation sites (tertiary alicyclic amines) is 1. The van der Waals surface area contributed by atoms with Crippen molar-refractivity contribution in [1.82, 2.24) is 9.88 Å². The zero-order valence-electron chi connectivity index (χ0n) is 18.5. The number of rotatable bonds is 5. The third-order valence-electron chi connectivity index (χ3n) is 6.42. The van der Waals surface area contributed by atoms with E-state index >= 15 is 0 Å². The van der Waals surface area contributed by atoms with E-state index in [0.717, 1.165) is 63.4 Å². The van der Waals surface area contributed by atoms with Gasteiger partial charge in [-0.1, -0.05) is 26.0 Å². The van der Waals surface area contributed by atoms with Crippen LogP contribution in [0.3, 0.4) is 0 Å². The van der Waals surface area contributed by atoms with Crippen LogP contribution in [-0.4, -0.2) is 47.9 Å². The summed E-state index contributed by atoms with van der Waals surface area (Å²) in [5.41, 5.74) is 2.83. The molecular formula is C25H32N4O2. The molecule has 3 heterocycles. The van der Waals surface area contributed by atoms with Crippen LogP contribution in [0.1, 0.15) is 61.4 Å². The molecule has 164 valence electrons. The molecule has 0 saturated carbocycles.